The van der Waals surface area contributed by atoms with Crippen molar-refractivity contribution in [3.63, 3.8) is 0 Å². The Bertz CT molecular complexity index is 761. The Hall–Kier alpha value is -2.17. The van der Waals surface area contributed by atoms with E-state index in [2.05, 4.69) is 65.1 Å². The minimum Gasteiger partial charge on any atom is -0.356 e. The van der Waals surface area contributed by atoms with E-state index in [-0.39, 0.29) is 5.91 Å². The summed E-state index contributed by atoms with van der Waals surface area (Å²) in [7, 11) is 0. The third-order valence-electron chi connectivity index (χ3n) is 5.09. The van der Waals surface area contributed by atoms with Crippen molar-refractivity contribution in [2.24, 2.45) is 5.92 Å². The van der Waals surface area contributed by atoms with Crippen LogP contribution in [0.5, 0.6) is 0 Å². The fourth-order valence-corrected chi connectivity index (χ4v) is 3.40. The van der Waals surface area contributed by atoms with Crippen molar-refractivity contribution in [3.8, 4) is 0 Å². The lowest BCUT2D eigenvalue weighted by Gasteiger charge is -2.10. The summed E-state index contributed by atoms with van der Waals surface area (Å²) in [5.41, 5.74) is 2.52. The fourth-order valence-electron chi connectivity index (χ4n) is 3.40. The first kappa shape index (κ1) is 19.6. The van der Waals surface area contributed by atoms with Gasteiger partial charge in [0, 0.05) is 31.8 Å². The van der Waals surface area contributed by atoms with Gasteiger partial charge in [-0.3, -0.25) is 4.79 Å². The van der Waals surface area contributed by atoms with Crippen molar-refractivity contribution < 1.29 is 4.79 Å². The zero-order valence-corrected chi connectivity index (χ0v) is 16.9. The minimum absolute atomic E-state index is 0.0942. The van der Waals surface area contributed by atoms with Gasteiger partial charge in [0.2, 0.25) is 5.91 Å². The third kappa shape index (κ3) is 5.91. The quantitative estimate of drug-likeness (QED) is 0.694. The monoisotopic (exact) mass is 368 g/mol. The molecule has 1 aromatic heterocycles. The smallest absolute Gasteiger partial charge is 0.220 e. The van der Waals surface area contributed by atoms with Crippen molar-refractivity contribution in [2.75, 3.05) is 6.54 Å². The van der Waals surface area contributed by atoms with E-state index in [0.717, 1.165) is 30.9 Å². The van der Waals surface area contributed by atoms with E-state index in [9.17, 15) is 4.79 Å². The molecule has 1 saturated carbocycles. The summed E-state index contributed by atoms with van der Waals surface area (Å²) in [5, 5.41) is 11.9. The van der Waals surface area contributed by atoms with Crippen LogP contribution in [0.25, 0.3) is 0 Å². The first-order valence-electron chi connectivity index (χ1n) is 10.3. The van der Waals surface area contributed by atoms with Gasteiger partial charge in [0.1, 0.15) is 11.6 Å². The molecule has 0 aliphatic heterocycles. The summed E-state index contributed by atoms with van der Waals surface area (Å²) >= 11 is 0. The van der Waals surface area contributed by atoms with Gasteiger partial charge in [-0.2, -0.15) is 0 Å². The molecular weight excluding hydrogens is 336 g/mol. The summed E-state index contributed by atoms with van der Waals surface area (Å²) in [6.07, 6.45) is 6.54. The number of nitrogens with zero attached hydrogens (tertiary/aromatic N) is 3. The van der Waals surface area contributed by atoms with Gasteiger partial charge in [0.25, 0.3) is 0 Å². The lowest BCUT2D eigenvalue weighted by molar-refractivity contribution is -0.121. The molecule has 0 unspecified atom stereocenters. The summed E-state index contributed by atoms with van der Waals surface area (Å²) in [5.74, 6) is 2.83. The van der Waals surface area contributed by atoms with Gasteiger partial charge >= 0.3 is 0 Å². The number of aromatic nitrogens is 3. The van der Waals surface area contributed by atoms with Gasteiger partial charge in [-0.05, 0) is 44.1 Å². The maximum absolute atomic E-state index is 12.2. The molecule has 2 aromatic rings. The molecule has 1 amide bonds. The van der Waals surface area contributed by atoms with E-state index >= 15 is 0 Å². The molecule has 0 atom stereocenters. The van der Waals surface area contributed by atoms with Crippen molar-refractivity contribution in [2.45, 2.75) is 71.8 Å². The highest BCUT2D eigenvalue weighted by Gasteiger charge is 2.29. The average molecular weight is 369 g/mol. The zero-order valence-electron chi connectivity index (χ0n) is 16.9. The van der Waals surface area contributed by atoms with Gasteiger partial charge < -0.3 is 9.88 Å². The molecular formula is C22H32N4O. The van der Waals surface area contributed by atoms with Gasteiger partial charge in [-0.1, -0.05) is 43.7 Å². The van der Waals surface area contributed by atoms with Crippen LogP contribution in [0.2, 0.25) is 0 Å². The lowest BCUT2D eigenvalue weighted by Crippen LogP contribution is -2.26. The number of rotatable bonds is 10. The normalized spacial score (nSPS) is 13.9. The SMILES string of the molecule is Cc1cccc(CCNC(=O)CCc2nnc(CCC(C)C)n2C2CC2)c1. The maximum atomic E-state index is 12.2. The van der Waals surface area contributed by atoms with E-state index in [4.69, 9.17) is 0 Å². The number of aryl methyl sites for hydroxylation is 3. The first-order chi connectivity index (χ1) is 13.0. The highest BCUT2D eigenvalue weighted by atomic mass is 16.1. The molecule has 0 spiro atoms. The Kier molecular flexibility index (Phi) is 6.64. The Morgan fingerprint density at radius 2 is 1.93 bits per heavy atom. The molecule has 1 aromatic carbocycles. The number of hydrogen-bond donors (Lipinski definition) is 1. The molecule has 0 saturated heterocycles. The van der Waals surface area contributed by atoms with E-state index in [1.54, 1.807) is 0 Å². The minimum atomic E-state index is 0.0942. The summed E-state index contributed by atoms with van der Waals surface area (Å²) < 4.78 is 2.31. The maximum Gasteiger partial charge on any atom is 0.220 e. The molecule has 3 rings (SSSR count). The van der Waals surface area contributed by atoms with Crippen LogP contribution in [0.15, 0.2) is 24.3 Å². The molecule has 0 bridgehead atoms. The summed E-state index contributed by atoms with van der Waals surface area (Å²) in [4.78, 5) is 12.2. The molecule has 1 N–H and O–H groups in total. The molecule has 146 valence electrons. The second kappa shape index (κ2) is 9.16. The van der Waals surface area contributed by atoms with Gasteiger partial charge in [-0.25, -0.2) is 0 Å². The van der Waals surface area contributed by atoms with Crippen LogP contribution in [0.4, 0.5) is 0 Å². The van der Waals surface area contributed by atoms with Crippen LogP contribution < -0.4 is 5.32 Å². The summed E-state index contributed by atoms with van der Waals surface area (Å²) in [6.45, 7) is 7.24. The van der Waals surface area contributed by atoms with Gasteiger partial charge in [-0.15, -0.1) is 10.2 Å². The topological polar surface area (TPSA) is 59.8 Å². The fraction of sp³-hybridized carbons (Fsp3) is 0.591. The van der Waals surface area contributed by atoms with Crippen molar-refractivity contribution in [1.29, 1.82) is 0 Å². The predicted molar refractivity (Wildman–Crippen MR) is 108 cm³/mol. The number of carbonyl (C=O) groups excluding carboxylic acids is 1. The van der Waals surface area contributed by atoms with Crippen molar-refractivity contribution in [1.82, 2.24) is 20.1 Å². The number of carbonyl (C=O) groups is 1. The highest BCUT2D eigenvalue weighted by molar-refractivity contribution is 5.76. The predicted octanol–water partition coefficient (Wildman–Crippen LogP) is 3.80. The van der Waals surface area contributed by atoms with E-state index in [0.29, 0.717) is 31.3 Å². The Labute approximate surface area is 162 Å². The second-order valence-electron chi connectivity index (χ2n) is 8.16. The Balaban J connectivity index is 1.47. The summed E-state index contributed by atoms with van der Waals surface area (Å²) in [6, 6.07) is 8.99. The number of benzene rings is 1. The molecule has 5 heteroatoms. The molecule has 0 radical (unpaired) electrons. The number of nitrogens with one attached hydrogen (secondary N) is 1. The van der Waals surface area contributed by atoms with Crippen LogP contribution in [-0.4, -0.2) is 27.2 Å². The first-order valence-corrected chi connectivity index (χ1v) is 10.3. The Morgan fingerprint density at radius 3 is 2.59 bits per heavy atom. The second-order valence-corrected chi connectivity index (χ2v) is 8.16. The molecule has 27 heavy (non-hydrogen) atoms. The van der Waals surface area contributed by atoms with E-state index < -0.39 is 0 Å². The molecule has 5 nitrogen and oxygen atoms in total. The average Bonchev–Trinajstić information content (AvgIpc) is 3.38. The number of amides is 1. The van der Waals surface area contributed by atoms with E-state index in [1.807, 2.05) is 0 Å². The van der Waals surface area contributed by atoms with Crippen molar-refractivity contribution >= 4 is 5.91 Å². The van der Waals surface area contributed by atoms with E-state index in [1.165, 1.54) is 24.0 Å². The van der Waals surface area contributed by atoms with Crippen molar-refractivity contribution in [3.05, 3.63) is 47.0 Å². The van der Waals surface area contributed by atoms with Crippen LogP contribution in [-0.2, 0) is 24.1 Å². The lowest BCUT2D eigenvalue weighted by atomic mass is 10.1. The largest absolute Gasteiger partial charge is 0.356 e. The molecule has 1 aliphatic rings. The zero-order chi connectivity index (χ0) is 19.2. The molecule has 1 heterocycles. The van der Waals surface area contributed by atoms with Crippen LogP contribution >= 0.6 is 0 Å². The molecule has 1 fully saturated rings. The Morgan fingerprint density at radius 1 is 1.19 bits per heavy atom. The standard InChI is InChI=1S/C22H32N4O/c1-16(2)7-10-20-24-25-21(26(20)19-8-9-19)11-12-22(27)23-14-13-18-6-4-5-17(3)15-18/h4-6,15-16,19H,7-14H2,1-3H3,(H,23,27). The van der Waals surface area contributed by atoms with Gasteiger partial charge in [0.05, 0.1) is 0 Å². The number of hydrogen-bond acceptors (Lipinski definition) is 3. The van der Waals surface area contributed by atoms with Gasteiger partial charge in [0.15, 0.2) is 0 Å². The van der Waals surface area contributed by atoms with Crippen LogP contribution in [0, 0.1) is 12.8 Å². The molecule has 1 aliphatic carbocycles. The van der Waals surface area contributed by atoms with Crippen LogP contribution in [0.1, 0.15) is 68.3 Å². The highest BCUT2D eigenvalue weighted by Crippen LogP contribution is 2.37. The third-order valence-corrected chi connectivity index (χ3v) is 5.09. The van der Waals surface area contributed by atoms with Crippen LogP contribution in [0.3, 0.4) is 0 Å².